The highest BCUT2D eigenvalue weighted by atomic mass is 32.2. The third-order valence-corrected chi connectivity index (χ3v) is 7.93. The summed E-state index contributed by atoms with van der Waals surface area (Å²) in [6.45, 7) is 4.14. The van der Waals surface area contributed by atoms with E-state index in [1.54, 1.807) is 30.5 Å². The number of carbonyl (C=O) groups excluding carboxylic acids is 1. The van der Waals surface area contributed by atoms with Crippen LogP contribution in [0.2, 0.25) is 0 Å². The van der Waals surface area contributed by atoms with Gasteiger partial charge in [-0.05, 0) is 50.5 Å². The van der Waals surface area contributed by atoms with Crippen LogP contribution >= 0.6 is 0 Å². The molecule has 0 unspecified atom stereocenters. The molecule has 1 aromatic carbocycles. The van der Waals surface area contributed by atoms with Crippen LogP contribution in [0.25, 0.3) is 11.4 Å². The van der Waals surface area contributed by atoms with Gasteiger partial charge in [0.25, 0.3) is 15.9 Å². The zero-order valence-electron chi connectivity index (χ0n) is 21.3. The normalized spacial score (nSPS) is 13.3. The van der Waals surface area contributed by atoms with E-state index in [9.17, 15) is 17.6 Å². The van der Waals surface area contributed by atoms with Gasteiger partial charge in [-0.1, -0.05) is 12.1 Å². The first-order valence-corrected chi connectivity index (χ1v) is 13.9. The van der Waals surface area contributed by atoms with Crippen LogP contribution in [0, 0.1) is 5.82 Å². The highest BCUT2D eigenvalue weighted by Crippen LogP contribution is 2.30. The minimum Gasteiger partial charge on any atom is -0.382 e. The first-order chi connectivity index (χ1) is 18.7. The van der Waals surface area contributed by atoms with E-state index in [0.717, 1.165) is 9.65 Å². The van der Waals surface area contributed by atoms with E-state index in [-0.39, 0.29) is 29.6 Å². The molecule has 3 aromatic heterocycles. The lowest BCUT2D eigenvalue weighted by Crippen LogP contribution is -2.25. The maximum absolute atomic E-state index is 13.2. The SMILES string of the molecule is CC(C)Nc1cc(Nc2ccnc(-c3cnn(S(=O)(=O)C4CC4)c3)n2)ncc1C(=O)NCc1ccc(F)cc1. The Hall–Kier alpha value is -4.39. The fourth-order valence-electron chi connectivity index (χ4n) is 3.79. The lowest BCUT2D eigenvalue weighted by Gasteiger charge is -2.16. The quantitative estimate of drug-likeness (QED) is 0.269. The Labute approximate surface area is 225 Å². The van der Waals surface area contributed by atoms with Gasteiger partial charge in [0.05, 0.1) is 34.5 Å². The molecule has 0 bridgehead atoms. The highest BCUT2D eigenvalue weighted by Gasteiger charge is 2.37. The van der Waals surface area contributed by atoms with Crippen molar-refractivity contribution in [2.45, 2.75) is 44.5 Å². The number of benzene rings is 1. The van der Waals surface area contributed by atoms with E-state index < -0.39 is 10.0 Å². The maximum Gasteiger partial charge on any atom is 0.256 e. The van der Waals surface area contributed by atoms with Gasteiger partial charge in [0.2, 0.25) is 0 Å². The summed E-state index contributed by atoms with van der Waals surface area (Å²) in [7, 11) is -3.49. The number of halogens is 1. The average molecular weight is 551 g/mol. The van der Waals surface area contributed by atoms with Crippen molar-refractivity contribution in [3.63, 3.8) is 0 Å². The van der Waals surface area contributed by atoms with Gasteiger partial charge in [-0.15, -0.1) is 0 Å². The van der Waals surface area contributed by atoms with Crippen molar-refractivity contribution in [1.29, 1.82) is 0 Å². The van der Waals surface area contributed by atoms with Crippen molar-refractivity contribution < 1.29 is 17.6 Å². The number of amides is 1. The van der Waals surface area contributed by atoms with E-state index in [0.29, 0.717) is 47.1 Å². The van der Waals surface area contributed by atoms with Gasteiger partial charge in [-0.3, -0.25) is 4.79 Å². The van der Waals surface area contributed by atoms with E-state index in [1.807, 2.05) is 13.8 Å². The number of hydrogen-bond donors (Lipinski definition) is 3. The molecular weight excluding hydrogens is 523 g/mol. The van der Waals surface area contributed by atoms with Crippen LogP contribution in [0.3, 0.4) is 0 Å². The molecule has 0 aliphatic heterocycles. The van der Waals surface area contributed by atoms with Crippen LogP contribution in [0.4, 0.5) is 21.7 Å². The molecule has 0 atom stereocenters. The number of hydrogen-bond acceptors (Lipinski definition) is 9. The van der Waals surface area contributed by atoms with Gasteiger partial charge in [0, 0.05) is 31.0 Å². The number of pyridine rings is 1. The molecule has 13 heteroatoms. The zero-order valence-corrected chi connectivity index (χ0v) is 22.1. The molecule has 1 aliphatic carbocycles. The predicted octanol–water partition coefficient (Wildman–Crippen LogP) is 3.71. The van der Waals surface area contributed by atoms with Crippen LogP contribution in [-0.4, -0.2) is 49.8 Å². The monoisotopic (exact) mass is 550 g/mol. The average Bonchev–Trinajstić information content (AvgIpc) is 3.65. The lowest BCUT2D eigenvalue weighted by atomic mass is 10.1. The summed E-state index contributed by atoms with van der Waals surface area (Å²) >= 11 is 0. The number of nitrogens with one attached hydrogen (secondary N) is 3. The largest absolute Gasteiger partial charge is 0.382 e. The Morgan fingerprint density at radius 3 is 2.59 bits per heavy atom. The van der Waals surface area contributed by atoms with E-state index in [4.69, 9.17) is 0 Å². The van der Waals surface area contributed by atoms with Crippen LogP contribution in [0.15, 0.2) is 61.2 Å². The van der Waals surface area contributed by atoms with Crippen molar-refractivity contribution in [2.24, 2.45) is 0 Å². The van der Waals surface area contributed by atoms with Gasteiger partial charge in [0.1, 0.15) is 17.5 Å². The second-order valence-corrected chi connectivity index (χ2v) is 11.5. The third kappa shape index (κ3) is 6.20. The number of carbonyl (C=O) groups is 1. The molecule has 11 nitrogen and oxygen atoms in total. The molecule has 202 valence electrons. The molecule has 1 saturated carbocycles. The Kier molecular flexibility index (Phi) is 7.24. The fourth-order valence-corrected chi connectivity index (χ4v) is 5.27. The van der Waals surface area contributed by atoms with Crippen molar-refractivity contribution in [2.75, 3.05) is 10.6 Å². The Bertz CT molecular complexity index is 1600. The molecule has 1 fully saturated rings. The predicted molar refractivity (Wildman–Crippen MR) is 144 cm³/mol. The second-order valence-electron chi connectivity index (χ2n) is 9.46. The van der Waals surface area contributed by atoms with Crippen LogP contribution in [0.5, 0.6) is 0 Å². The highest BCUT2D eigenvalue weighted by molar-refractivity contribution is 7.90. The van der Waals surface area contributed by atoms with E-state index in [2.05, 4.69) is 36.0 Å². The Morgan fingerprint density at radius 1 is 1.10 bits per heavy atom. The third-order valence-electron chi connectivity index (χ3n) is 5.90. The summed E-state index contributed by atoms with van der Waals surface area (Å²) < 4.78 is 39.0. The summed E-state index contributed by atoms with van der Waals surface area (Å²) in [5.74, 6) is 0.492. The summed E-state index contributed by atoms with van der Waals surface area (Å²) in [6.07, 6.45) is 7.12. The lowest BCUT2D eigenvalue weighted by molar-refractivity contribution is 0.0951. The smallest absolute Gasteiger partial charge is 0.256 e. The van der Waals surface area contributed by atoms with E-state index in [1.165, 1.54) is 30.7 Å². The summed E-state index contributed by atoms with van der Waals surface area (Å²) in [5.41, 5.74) is 2.15. The van der Waals surface area contributed by atoms with E-state index >= 15 is 0 Å². The van der Waals surface area contributed by atoms with Crippen molar-refractivity contribution >= 4 is 33.3 Å². The van der Waals surface area contributed by atoms with Crippen LogP contribution in [-0.2, 0) is 16.6 Å². The molecule has 5 rings (SSSR count). The molecule has 0 saturated heterocycles. The zero-order chi connectivity index (χ0) is 27.6. The van der Waals surface area contributed by atoms with Crippen LogP contribution < -0.4 is 16.0 Å². The minimum absolute atomic E-state index is 0.0398. The van der Waals surface area contributed by atoms with Crippen molar-refractivity contribution in [3.8, 4) is 11.4 Å². The van der Waals surface area contributed by atoms with Gasteiger partial charge >= 0.3 is 0 Å². The first kappa shape index (κ1) is 26.2. The molecule has 3 N–H and O–H groups in total. The second kappa shape index (κ2) is 10.8. The topological polar surface area (TPSA) is 144 Å². The maximum atomic E-state index is 13.2. The van der Waals surface area contributed by atoms with Gasteiger partial charge in [-0.2, -0.15) is 9.19 Å². The first-order valence-electron chi connectivity index (χ1n) is 12.4. The molecule has 0 spiro atoms. The molecule has 39 heavy (non-hydrogen) atoms. The Morgan fingerprint density at radius 2 is 1.87 bits per heavy atom. The minimum atomic E-state index is -3.49. The van der Waals surface area contributed by atoms with Gasteiger partial charge in [-0.25, -0.2) is 27.8 Å². The number of rotatable bonds is 10. The molecule has 4 aromatic rings. The molecule has 3 heterocycles. The molecule has 1 amide bonds. The van der Waals surface area contributed by atoms with Gasteiger partial charge < -0.3 is 16.0 Å². The van der Waals surface area contributed by atoms with Crippen molar-refractivity contribution in [1.82, 2.24) is 29.5 Å². The molecular formula is C26H27FN8O3S. The molecule has 0 radical (unpaired) electrons. The summed E-state index contributed by atoms with van der Waals surface area (Å²) in [5, 5.41) is 12.8. The fraction of sp³-hybridized carbons (Fsp3) is 0.269. The van der Waals surface area contributed by atoms with Gasteiger partial charge in [0.15, 0.2) is 5.82 Å². The number of anilines is 3. The number of aromatic nitrogens is 5. The Balaban J connectivity index is 1.32. The van der Waals surface area contributed by atoms with Crippen LogP contribution in [0.1, 0.15) is 42.6 Å². The number of nitrogens with zero attached hydrogens (tertiary/aromatic N) is 5. The summed E-state index contributed by atoms with van der Waals surface area (Å²) in [4.78, 5) is 26.0. The summed E-state index contributed by atoms with van der Waals surface area (Å²) in [6, 6.07) is 9.30. The molecule has 1 aliphatic rings. The van der Waals surface area contributed by atoms with Crippen molar-refractivity contribution in [3.05, 3.63) is 78.1 Å². The standard InChI is InChI=1S/C26H27FN8O3S/c1-16(2)32-22-11-24(29-14-21(22)26(36)30-12-17-3-5-19(27)6-4-17)33-23-9-10-28-25(34-23)18-13-31-35(15-18)39(37,38)20-7-8-20/h3-6,9-11,13-16,20H,7-8,12H2,1-2H3,(H,30,36)(H2,28,29,32,33,34).